The summed E-state index contributed by atoms with van der Waals surface area (Å²) in [5, 5.41) is 18.8. The van der Waals surface area contributed by atoms with Crippen LogP contribution in [-0.4, -0.2) is 48.0 Å². The van der Waals surface area contributed by atoms with E-state index in [-0.39, 0.29) is 27.1 Å². The summed E-state index contributed by atoms with van der Waals surface area (Å²) in [7, 11) is -3.85. The number of anilines is 2. The van der Waals surface area contributed by atoms with Crippen LogP contribution >= 0.6 is 12.2 Å². The standard InChI is InChI=1S/C24H20F3N3O5S2/c1-13(31)19-12-37(33,34)20-10-16(5-6-18(20)35-19)30-22(36)29(21(32)23(30)7-2-8-23)15-4-3-14(11-28)17(9-15)24(25,26)27/h3-6,9-10,13,19,31H,2,7-8,12H2,1H3/t13-,19+/m1/s1. The second-order valence-electron chi connectivity index (χ2n) is 9.29. The van der Waals surface area contributed by atoms with E-state index in [1.54, 1.807) is 0 Å². The maximum Gasteiger partial charge on any atom is 0.417 e. The summed E-state index contributed by atoms with van der Waals surface area (Å²) in [5.41, 5.74) is -2.79. The molecule has 0 radical (unpaired) electrons. The number of halogens is 3. The molecule has 2 heterocycles. The average molecular weight is 552 g/mol. The van der Waals surface area contributed by atoms with Crippen molar-refractivity contribution < 1.29 is 36.2 Å². The molecule has 1 aliphatic carbocycles. The van der Waals surface area contributed by atoms with Gasteiger partial charge >= 0.3 is 6.18 Å². The maximum absolute atomic E-state index is 13.6. The number of rotatable bonds is 3. The van der Waals surface area contributed by atoms with E-state index < -0.39 is 56.5 Å². The second kappa shape index (κ2) is 8.41. The number of fused-ring (bicyclic) bond motifs is 1. The van der Waals surface area contributed by atoms with E-state index in [9.17, 15) is 31.5 Å². The molecule has 1 saturated heterocycles. The molecule has 194 valence electrons. The number of hydrogen-bond acceptors (Lipinski definition) is 7. The number of amides is 1. The zero-order valence-corrected chi connectivity index (χ0v) is 21.0. The molecule has 8 nitrogen and oxygen atoms in total. The number of aliphatic hydroxyl groups excluding tert-OH is 1. The third-order valence-corrected chi connectivity index (χ3v) is 9.12. The van der Waals surface area contributed by atoms with Crippen molar-refractivity contribution in [3.05, 3.63) is 47.5 Å². The van der Waals surface area contributed by atoms with E-state index >= 15 is 0 Å². The van der Waals surface area contributed by atoms with Gasteiger partial charge in [0.15, 0.2) is 14.9 Å². The average Bonchev–Trinajstić information content (AvgIpc) is 3.04. The van der Waals surface area contributed by atoms with Crippen LogP contribution in [0.2, 0.25) is 0 Å². The number of aliphatic hydroxyl groups is 1. The van der Waals surface area contributed by atoms with Crippen LogP contribution in [0.25, 0.3) is 0 Å². The fraction of sp³-hybridized carbons (Fsp3) is 0.375. The first kappa shape index (κ1) is 25.4. The molecule has 1 amide bonds. The Hall–Kier alpha value is -3.21. The van der Waals surface area contributed by atoms with E-state index in [1.807, 2.05) is 0 Å². The van der Waals surface area contributed by atoms with Crippen LogP contribution in [0, 0.1) is 11.3 Å². The van der Waals surface area contributed by atoms with E-state index in [0.29, 0.717) is 19.3 Å². The zero-order valence-electron chi connectivity index (χ0n) is 19.3. The van der Waals surface area contributed by atoms with Crippen molar-refractivity contribution in [1.29, 1.82) is 5.26 Å². The molecule has 5 rings (SSSR count). The molecule has 1 N–H and O–H groups in total. The summed E-state index contributed by atoms with van der Waals surface area (Å²) in [4.78, 5) is 16.0. The van der Waals surface area contributed by atoms with Gasteiger partial charge in [0.2, 0.25) is 0 Å². The highest BCUT2D eigenvalue weighted by atomic mass is 32.2. The van der Waals surface area contributed by atoms with Crippen molar-refractivity contribution in [3.8, 4) is 11.8 Å². The fourth-order valence-electron chi connectivity index (χ4n) is 4.93. The van der Waals surface area contributed by atoms with Crippen molar-refractivity contribution in [2.75, 3.05) is 15.6 Å². The smallest absolute Gasteiger partial charge is 0.417 e. The largest absolute Gasteiger partial charge is 0.485 e. The van der Waals surface area contributed by atoms with Crippen molar-refractivity contribution in [1.82, 2.24) is 0 Å². The highest BCUT2D eigenvalue weighted by Crippen LogP contribution is 2.49. The molecule has 2 fully saturated rings. The minimum absolute atomic E-state index is 0.0544. The van der Waals surface area contributed by atoms with Gasteiger partial charge in [-0.05, 0) is 74.8 Å². The Bertz CT molecular complexity index is 1480. The molecule has 13 heteroatoms. The first-order valence-corrected chi connectivity index (χ1v) is 13.4. The molecule has 2 aliphatic heterocycles. The van der Waals surface area contributed by atoms with Gasteiger partial charge in [0.25, 0.3) is 5.91 Å². The molecular weight excluding hydrogens is 531 g/mol. The lowest BCUT2D eigenvalue weighted by Gasteiger charge is -2.43. The number of alkyl halides is 3. The molecule has 0 aromatic heterocycles. The molecule has 1 spiro atoms. The van der Waals surface area contributed by atoms with Gasteiger partial charge in [-0.15, -0.1) is 0 Å². The van der Waals surface area contributed by atoms with E-state index in [0.717, 1.165) is 17.0 Å². The summed E-state index contributed by atoms with van der Waals surface area (Å²) in [5.74, 6) is -0.904. The Kier molecular flexibility index (Phi) is 5.78. The number of benzene rings is 2. The lowest BCUT2D eigenvalue weighted by Crippen LogP contribution is -2.55. The first-order chi connectivity index (χ1) is 17.3. The monoisotopic (exact) mass is 551 g/mol. The van der Waals surface area contributed by atoms with Crippen LogP contribution < -0.4 is 14.5 Å². The Morgan fingerprint density at radius 2 is 1.89 bits per heavy atom. The van der Waals surface area contributed by atoms with Crippen LogP contribution in [0.3, 0.4) is 0 Å². The molecule has 2 atom stereocenters. The number of carbonyl (C=O) groups excluding carboxylic acids is 1. The molecule has 37 heavy (non-hydrogen) atoms. The van der Waals surface area contributed by atoms with E-state index in [4.69, 9.17) is 22.2 Å². The Morgan fingerprint density at radius 1 is 1.22 bits per heavy atom. The van der Waals surface area contributed by atoms with Gasteiger partial charge in [-0.2, -0.15) is 18.4 Å². The van der Waals surface area contributed by atoms with Crippen LogP contribution in [0.15, 0.2) is 41.3 Å². The maximum atomic E-state index is 13.6. The van der Waals surface area contributed by atoms with Crippen molar-refractivity contribution in [2.45, 2.75) is 55.0 Å². The summed E-state index contributed by atoms with van der Waals surface area (Å²) in [6, 6.07) is 8.74. The third kappa shape index (κ3) is 3.86. The van der Waals surface area contributed by atoms with E-state index in [1.165, 1.54) is 42.2 Å². The minimum atomic E-state index is -4.82. The Morgan fingerprint density at radius 3 is 2.46 bits per heavy atom. The Balaban J connectivity index is 1.59. The van der Waals surface area contributed by atoms with E-state index in [2.05, 4.69) is 0 Å². The van der Waals surface area contributed by atoms with Gasteiger partial charge in [0, 0.05) is 5.69 Å². The minimum Gasteiger partial charge on any atom is -0.485 e. The molecule has 0 unspecified atom stereocenters. The van der Waals surface area contributed by atoms with Gasteiger partial charge in [0.05, 0.1) is 34.7 Å². The molecule has 2 aromatic carbocycles. The summed E-state index contributed by atoms with van der Waals surface area (Å²) in [6.07, 6.45) is -5.37. The SMILES string of the molecule is C[C@@H](O)[C@@H]1CS(=O)(=O)c2cc(N3C(=S)N(c4ccc(C#N)c(C(F)(F)F)c4)C(=O)C34CCC4)ccc2O1. The van der Waals surface area contributed by atoms with Gasteiger partial charge in [-0.1, -0.05) is 0 Å². The summed E-state index contributed by atoms with van der Waals surface area (Å²) >= 11 is 5.59. The number of ether oxygens (including phenoxy) is 1. The van der Waals surface area contributed by atoms with Gasteiger partial charge in [0.1, 0.15) is 22.3 Å². The van der Waals surface area contributed by atoms with Crippen LogP contribution in [0.5, 0.6) is 5.75 Å². The predicted octanol–water partition coefficient (Wildman–Crippen LogP) is 3.55. The Labute approximate surface area is 215 Å². The topological polar surface area (TPSA) is 111 Å². The van der Waals surface area contributed by atoms with Gasteiger partial charge in [-0.3, -0.25) is 9.69 Å². The summed E-state index contributed by atoms with van der Waals surface area (Å²) < 4.78 is 72.4. The van der Waals surface area contributed by atoms with Crippen LogP contribution in [0.4, 0.5) is 24.5 Å². The number of hydrogen-bond donors (Lipinski definition) is 1. The van der Waals surface area contributed by atoms with Crippen LogP contribution in [-0.2, 0) is 20.8 Å². The highest BCUT2D eigenvalue weighted by Gasteiger charge is 2.60. The molecule has 1 saturated carbocycles. The van der Waals surface area contributed by atoms with Gasteiger partial charge in [-0.25, -0.2) is 8.42 Å². The number of nitrogens with zero attached hydrogens (tertiary/aromatic N) is 3. The first-order valence-electron chi connectivity index (χ1n) is 11.3. The lowest BCUT2D eigenvalue weighted by atomic mass is 9.75. The normalized spacial score (nSPS) is 22.8. The number of carbonyl (C=O) groups is 1. The van der Waals surface area contributed by atoms with Crippen molar-refractivity contribution >= 4 is 44.4 Å². The molecule has 3 aliphatic rings. The van der Waals surface area contributed by atoms with Crippen molar-refractivity contribution in [2.24, 2.45) is 0 Å². The summed E-state index contributed by atoms with van der Waals surface area (Å²) in [6.45, 7) is 1.43. The predicted molar refractivity (Wildman–Crippen MR) is 130 cm³/mol. The quantitative estimate of drug-likeness (QED) is 0.577. The molecular formula is C24H20F3N3O5S2. The second-order valence-corrected chi connectivity index (χ2v) is 11.7. The third-order valence-electron chi connectivity index (χ3n) is 7.00. The number of thiocarbonyl (C=S) groups is 1. The van der Waals surface area contributed by atoms with Crippen molar-refractivity contribution in [3.63, 3.8) is 0 Å². The van der Waals surface area contributed by atoms with Gasteiger partial charge < -0.3 is 14.7 Å². The lowest BCUT2D eigenvalue weighted by molar-refractivity contribution is -0.137. The fourth-order valence-corrected chi connectivity index (χ4v) is 7.08. The highest BCUT2D eigenvalue weighted by molar-refractivity contribution is 7.91. The molecule has 2 aromatic rings. The zero-order chi connectivity index (χ0) is 26.9. The molecule has 0 bridgehead atoms. The number of sulfone groups is 1. The number of nitriles is 1. The van der Waals surface area contributed by atoms with Crippen LogP contribution in [0.1, 0.15) is 37.3 Å².